The normalized spacial score (nSPS) is 17.7. The minimum absolute atomic E-state index is 0.627. The van der Waals surface area contributed by atoms with Crippen LogP contribution in [0.15, 0.2) is 98.1 Å². The maximum absolute atomic E-state index is 5.91. The fraction of sp³-hybridized carbons (Fsp3) is 0.353. The van der Waals surface area contributed by atoms with E-state index in [1.807, 2.05) is 6.08 Å². The zero-order valence-corrected chi connectivity index (χ0v) is 21.1. The number of rotatable bonds is 12. The second-order valence-electron chi connectivity index (χ2n) is 9.93. The van der Waals surface area contributed by atoms with Crippen molar-refractivity contribution in [2.75, 3.05) is 6.61 Å². The van der Waals surface area contributed by atoms with Crippen LogP contribution in [0.4, 0.5) is 0 Å². The summed E-state index contributed by atoms with van der Waals surface area (Å²) >= 11 is 0. The van der Waals surface area contributed by atoms with E-state index >= 15 is 0 Å². The van der Waals surface area contributed by atoms with Crippen molar-refractivity contribution in [3.8, 4) is 22.3 Å². The molecule has 0 atom stereocenters. The molecule has 1 heteroatoms. The highest BCUT2D eigenvalue weighted by molar-refractivity contribution is 5.73. The van der Waals surface area contributed by atoms with Crippen molar-refractivity contribution >= 4 is 0 Å². The quantitative estimate of drug-likeness (QED) is 0.191. The Kier molecular flexibility index (Phi) is 9.55. The zero-order valence-electron chi connectivity index (χ0n) is 21.1. The molecule has 1 aliphatic carbocycles. The Hall–Kier alpha value is -2.90. The largest absolute Gasteiger partial charge is 0.376 e. The highest BCUT2D eigenvalue weighted by Crippen LogP contribution is 2.42. The van der Waals surface area contributed by atoms with E-state index < -0.39 is 0 Å². The molecule has 35 heavy (non-hydrogen) atoms. The Morgan fingerprint density at radius 3 is 2.14 bits per heavy atom. The first-order chi connectivity index (χ1) is 17.3. The average molecular weight is 465 g/mol. The molecule has 3 aromatic carbocycles. The molecular formula is C34H40O. The molecule has 182 valence electrons. The van der Waals surface area contributed by atoms with Crippen LogP contribution in [-0.4, -0.2) is 6.61 Å². The van der Waals surface area contributed by atoms with Gasteiger partial charge < -0.3 is 4.74 Å². The van der Waals surface area contributed by atoms with Gasteiger partial charge in [-0.1, -0.05) is 91.4 Å². The number of ether oxygens (including phenoxy) is 1. The van der Waals surface area contributed by atoms with Gasteiger partial charge in [0.25, 0.3) is 0 Å². The number of benzene rings is 3. The summed E-state index contributed by atoms with van der Waals surface area (Å²) in [6.45, 7) is 9.08. The topological polar surface area (TPSA) is 9.23 Å². The van der Waals surface area contributed by atoms with Gasteiger partial charge in [0.15, 0.2) is 0 Å². The fourth-order valence-electron chi connectivity index (χ4n) is 5.45. The van der Waals surface area contributed by atoms with Crippen LogP contribution in [0, 0.1) is 5.92 Å². The van der Waals surface area contributed by atoms with Crippen molar-refractivity contribution < 1.29 is 4.74 Å². The summed E-state index contributed by atoms with van der Waals surface area (Å²) < 4.78 is 5.91. The molecule has 0 N–H and O–H groups in total. The molecular weight excluding hydrogens is 424 g/mol. The van der Waals surface area contributed by atoms with E-state index in [9.17, 15) is 0 Å². The summed E-state index contributed by atoms with van der Waals surface area (Å²) in [5.41, 5.74) is 8.01. The maximum atomic E-state index is 5.91. The summed E-state index contributed by atoms with van der Waals surface area (Å²) in [4.78, 5) is 0. The third-order valence-corrected chi connectivity index (χ3v) is 7.46. The van der Waals surface area contributed by atoms with Gasteiger partial charge in [-0.25, -0.2) is 0 Å². The van der Waals surface area contributed by atoms with Crippen molar-refractivity contribution in [3.05, 3.63) is 109 Å². The minimum atomic E-state index is 0.627. The molecule has 0 aliphatic heterocycles. The highest BCUT2D eigenvalue weighted by atomic mass is 16.5. The SMILES string of the molecule is C=CCCCC1CCC(c2cc(COCCC=C)ccc2-c2ccc(-c3ccccc3)cc2)CC1. The summed E-state index contributed by atoms with van der Waals surface area (Å²) in [5.74, 6) is 1.51. The molecule has 1 nitrogen and oxygen atoms in total. The van der Waals surface area contributed by atoms with E-state index in [2.05, 4.69) is 92.0 Å². The first-order valence-electron chi connectivity index (χ1n) is 13.4. The van der Waals surface area contributed by atoms with Crippen molar-refractivity contribution in [2.45, 2.75) is 63.9 Å². The van der Waals surface area contributed by atoms with Gasteiger partial charge in [-0.15, -0.1) is 13.2 Å². The molecule has 0 saturated heterocycles. The Balaban J connectivity index is 1.54. The van der Waals surface area contributed by atoms with Crippen LogP contribution in [0.25, 0.3) is 22.3 Å². The number of hydrogen-bond acceptors (Lipinski definition) is 1. The lowest BCUT2D eigenvalue weighted by Gasteiger charge is -2.30. The van der Waals surface area contributed by atoms with Crippen molar-refractivity contribution in [1.82, 2.24) is 0 Å². The molecule has 0 spiro atoms. The summed E-state index contributed by atoms with van der Waals surface area (Å²) in [5, 5.41) is 0. The summed E-state index contributed by atoms with van der Waals surface area (Å²) in [7, 11) is 0. The second-order valence-corrected chi connectivity index (χ2v) is 9.93. The molecule has 3 aromatic rings. The van der Waals surface area contributed by atoms with Gasteiger partial charge >= 0.3 is 0 Å². The first-order valence-corrected chi connectivity index (χ1v) is 13.4. The van der Waals surface area contributed by atoms with Crippen LogP contribution in [0.5, 0.6) is 0 Å². The standard InChI is InChI=1S/C34H40O/c1-3-5-8-11-27-14-17-32(18-15-27)34-25-28(26-35-24-6-4-2)16-23-33(34)31-21-19-30(20-22-31)29-12-9-7-10-13-29/h3-4,7,9-10,12-13,16,19-23,25,27,32H,1-2,5-6,8,11,14-15,17-18,24,26H2. The molecule has 0 aromatic heterocycles. The number of unbranched alkanes of at least 4 members (excludes halogenated alkanes) is 1. The third kappa shape index (κ3) is 7.05. The van der Waals surface area contributed by atoms with Gasteiger partial charge in [-0.2, -0.15) is 0 Å². The van der Waals surface area contributed by atoms with E-state index in [0.29, 0.717) is 12.5 Å². The van der Waals surface area contributed by atoms with Gasteiger partial charge in [-0.05, 0) is 90.2 Å². The van der Waals surface area contributed by atoms with Crippen LogP contribution >= 0.6 is 0 Å². The number of hydrogen-bond donors (Lipinski definition) is 0. The Morgan fingerprint density at radius 2 is 1.43 bits per heavy atom. The third-order valence-electron chi connectivity index (χ3n) is 7.46. The summed E-state index contributed by atoms with van der Waals surface area (Å²) in [6.07, 6.45) is 13.9. The average Bonchev–Trinajstić information content (AvgIpc) is 2.92. The van der Waals surface area contributed by atoms with E-state index in [1.54, 1.807) is 0 Å². The Morgan fingerprint density at radius 1 is 0.743 bits per heavy atom. The molecule has 0 amide bonds. The molecule has 1 aliphatic rings. The lowest BCUT2D eigenvalue weighted by Crippen LogP contribution is -2.14. The molecule has 0 radical (unpaired) electrons. The monoisotopic (exact) mass is 464 g/mol. The van der Waals surface area contributed by atoms with Crippen molar-refractivity contribution in [3.63, 3.8) is 0 Å². The molecule has 0 bridgehead atoms. The predicted octanol–water partition coefficient (Wildman–Crippen LogP) is 9.74. The van der Waals surface area contributed by atoms with E-state index in [1.165, 1.54) is 71.9 Å². The molecule has 0 heterocycles. The van der Waals surface area contributed by atoms with Gasteiger partial charge in [0.05, 0.1) is 13.2 Å². The van der Waals surface area contributed by atoms with Crippen LogP contribution in [-0.2, 0) is 11.3 Å². The number of allylic oxidation sites excluding steroid dienone is 1. The molecule has 4 rings (SSSR count). The fourth-order valence-corrected chi connectivity index (χ4v) is 5.45. The smallest absolute Gasteiger partial charge is 0.0717 e. The van der Waals surface area contributed by atoms with Crippen molar-refractivity contribution in [2.24, 2.45) is 5.92 Å². The second kappa shape index (κ2) is 13.3. The van der Waals surface area contributed by atoms with Crippen LogP contribution in [0.2, 0.25) is 0 Å². The van der Waals surface area contributed by atoms with E-state index in [0.717, 1.165) is 25.4 Å². The lowest BCUT2D eigenvalue weighted by molar-refractivity contribution is 0.125. The van der Waals surface area contributed by atoms with Gasteiger partial charge in [0.1, 0.15) is 0 Å². The van der Waals surface area contributed by atoms with Crippen molar-refractivity contribution in [1.29, 1.82) is 0 Å². The van der Waals surface area contributed by atoms with Gasteiger partial charge in [0, 0.05) is 0 Å². The predicted molar refractivity (Wildman–Crippen MR) is 151 cm³/mol. The van der Waals surface area contributed by atoms with E-state index in [4.69, 9.17) is 4.74 Å². The maximum Gasteiger partial charge on any atom is 0.0717 e. The lowest BCUT2D eigenvalue weighted by atomic mass is 9.75. The molecule has 0 unspecified atom stereocenters. The Labute approximate surface area is 212 Å². The zero-order chi connectivity index (χ0) is 24.3. The molecule has 1 fully saturated rings. The van der Waals surface area contributed by atoms with Crippen LogP contribution in [0.1, 0.15) is 68.4 Å². The van der Waals surface area contributed by atoms with Gasteiger partial charge in [-0.3, -0.25) is 0 Å². The minimum Gasteiger partial charge on any atom is -0.376 e. The van der Waals surface area contributed by atoms with Crippen LogP contribution < -0.4 is 0 Å². The molecule has 1 saturated carbocycles. The first kappa shape index (κ1) is 25.2. The van der Waals surface area contributed by atoms with E-state index in [-0.39, 0.29) is 0 Å². The highest BCUT2D eigenvalue weighted by Gasteiger charge is 2.24. The Bertz CT molecular complexity index is 1060. The van der Waals surface area contributed by atoms with Gasteiger partial charge in [0.2, 0.25) is 0 Å². The van der Waals surface area contributed by atoms with Crippen LogP contribution in [0.3, 0.4) is 0 Å². The summed E-state index contributed by atoms with van der Waals surface area (Å²) in [6, 6.07) is 26.7.